The molecular weight excluding hydrogens is 444 g/mol. The Morgan fingerprint density at radius 3 is 2.72 bits per heavy atom. The third-order valence-electron chi connectivity index (χ3n) is 5.80. The molecule has 3 aromatic rings. The zero-order valence-corrected chi connectivity index (χ0v) is 19.5. The number of fused-ring (bicyclic) bond motifs is 1. The summed E-state index contributed by atoms with van der Waals surface area (Å²) in [5, 5.41) is 4.09. The molecule has 168 valence electrons. The van der Waals surface area contributed by atoms with Gasteiger partial charge in [-0.3, -0.25) is 4.79 Å². The molecule has 2 aromatic carbocycles. The third kappa shape index (κ3) is 5.43. The van der Waals surface area contributed by atoms with Crippen LogP contribution in [0.1, 0.15) is 37.7 Å². The van der Waals surface area contributed by atoms with E-state index in [9.17, 15) is 13.2 Å². The van der Waals surface area contributed by atoms with Gasteiger partial charge < -0.3 is 9.88 Å². The Balaban J connectivity index is 1.50. The molecule has 1 heterocycles. The van der Waals surface area contributed by atoms with Crippen molar-refractivity contribution in [2.75, 3.05) is 6.54 Å². The lowest BCUT2D eigenvalue weighted by Gasteiger charge is -2.13. The molecule has 32 heavy (non-hydrogen) atoms. The Kier molecular flexibility index (Phi) is 7.01. The Labute approximate surface area is 194 Å². The molecule has 1 aromatic heterocycles. The van der Waals surface area contributed by atoms with Crippen molar-refractivity contribution in [3.05, 3.63) is 77.0 Å². The molecule has 0 radical (unpaired) electrons. The maximum absolute atomic E-state index is 13.2. The first-order chi connectivity index (χ1) is 15.4. The second kappa shape index (κ2) is 9.92. The smallest absolute Gasteiger partial charge is 0.239 e. The van der Waals surface area contributed by atoms with E-state index in [1.54, 1.807) is 41.1 Å². The van der Waals surface area contributed by atoms with E-state index in [1.165, 1.54) is 18.4 Å². The van der Waals surface area contributed by atoms with Crippen LogP contribution in [0.25, 0.3) is 10.9 Å². The zero-order valence-electron chi connectivity index (χ0n) is 17.9. The first-order valence-corrected chi connectivity index (χ1v) is 12.9. The number of hydrogen-bond acceptors (Lipinski definition) is 3. The molecule has 1 aliphatic carbocycles. The van der Waals surface area contributed by atoms with Crippen molar-refractivity contribution in [3.8, 4) is 0 Å². The maximum Gasteiger partial charge on any atom is 0.239 e. The van der Waals surface area contributed by atoms with Gasteiger partial charge in [-0.2, -0.15) is 0 Å². The van der Waals surface area contributed by atoms with Gasteiger partial charge in [0.1, 0.15) is 6.54 Å². The van der Waals surface area contributed by atoms with Crippen molar-refractivity contribution in [2.24, 2.45) is 0 Å². The van der Waals surface area contributed by atoms with E-state index in [2.05, 4.69) is 11.4 Å². The van der Waals surface area contributed by atoms with Crippen LogP contribution >= 0.6 is 11.6 Å². The molecule has 0 atom stereocenters. The number of para-hydroxylation sites is 1. The molecule has 1 N–H and O–H groups in total. The second-order valence-corrected chi connectivity index (χ2v) is 10.6. The molecule has 1 aliphatic rings. The number of allylic oxidation sites excluding steroid dienone is 1. The largest absolute Gasteiger partial charge is 0.354 e. The number of nitrogens with zero attached hydrogens (tertiary/aromatic N) is 1. The second-order valence-electron chi connectivity index (χ2n) is 8.24. The van der Waals surface area contributed by atoms with Crippen molar-refractivity contribution in [2.45, 2.75) is 49.3 Å². The molecule has 0 aliphatic heterocycles. The van der Waals surface area contributed by atoms with Crippen LogP contribution in [0.2, 0.25) is 5.02 Å². The normalized spacial score (nSPS) is 14.3. The van der Waals surface area contributed by atoms with Gasteiger partial charge in [-0.25, -0.2) is 8.42 Å². The van der Waals surface area contributed by atoms with Crippen LogP contribution in [-0.4, -0.2) is 25.4 Å². The molecule has 5 nitrogen and oxygen atoms in total. The molecule has 0 fully saturated rings. The Bertz CT molecular complexity index is 1260. The predicted octanol–water partition coefficient (Wildman–Crippen LogP) is 5.28. The highest BCUT2D eigenvalue weighted by molar-refractivity contribution is 7.90. The van der Waals surface area contributed by atoms with Gasteiger partial charge in [-0.05, 0) is 55.9 Å². The van der Waals surface area contributed by atoms with E-state index < -0.39 is 9.84 Å². The predicted molar refractivity (Wildman–Crippen MR) is 128 cm³/mol. The van der Waals surface area contributed by atoms with E-state index in [0.717, 1.165) is 24.8 Å². The molecule has 4 rings (SSSR count). The summed E-state index contributed by atoms with van der Waals surface area (Å²) in [6.45, 7) is 0.677. The first-order valence-electron chi connectivity index (χ1n) is 10.9. The fourth-order valence-corrected chi connectivity index (χ4v) is 6.00. The van der Waals surface area contributed by atoms with Crippen molar-refractivity contribution in [1.29, 1.82) is 0 Å². The van der Waals surface area contributed by atoms with E-state index >= 15 is 0 Å². The summed E-state index contributed by atoms with van der Waals surface area (Å²) in [5.74, 6) is -0.274. The molecular formula is C25H27ClN2O3S. The Morgan fingerprint density at radius 2 is 1.94 bits per heavy atom. The van der Waals surface area contributed by atoms with Gasteiger partial charge in [0.25, 0.3) is 0 Å². The van der Waals surface area contributed by atoms with Gasteiger partial charge in [-0.15, -0.1) is 0 Å². The summed E-state index contributed by atoms with van der Waals surface area (Å²) in [6.07, 6.45) is 9.45. The SMILES string of the molecule is O=C(Cn1cc(S(=O)(=O)Cc2cccc(Cl)c2)c2ccccc21)NCCC1=CCCCC1. The van der Waals surface area contributed by atoms with Crippen LogP contribution < -0.4 is 5.32 Å². The van der Waals surface area contributed by atoms with Crippen LogP contribution in [0.4, 0.5) is 0 Å². The van der Waals surface area contributed by atoms with Gasteiger partial charge in [0, 0.05) is 28.7 Å². The molecule has 0 unspecified atom stereocenters. The quantitative estimate of drug-likeness (QED) is 0.455. The molecule has 0 spiro atoms. The van der Waals surface area contributed by atoms with Crippen molar-refractivity contribution in [3.63, 3.8) is 0 Å². The monoisotopic (exact) mass is 470 g/mol. The van der Waals surface area contributed by atoms with E-state index in [4.69, 9.17) is 11.6 Å². The average molecular weight is 471 g/mol. The topological polar surface area (TPSA) is 68.2 Å². The average Bonchev–Trinajstić information content (AvgIpc) is 3.14. The van der Waals surface area contributed by atoms with Crippen molar-refractivity contribution >= 4 is 38.2 Å². The van der Waals surface area contributed by atoms with Gasteiger partial charge in [0.2, 0.25) is 5.91 Å². The number of aromatic nitrogens is 1. The number of halogens is 1. The van der Waals surface area contributed by atoms with E-state index in [-0.39, 0.29) is 23.1 Å². The summed E-state index contributed by atoms with van der Waals surface area (Å²) in [6, 6.07) is 14.1. The Hall–Kier alpha value is -2.57. The maximum atomic E-state index is 13.2. The highest BCUT2D eigenvalue weighted by Gasteiger charge is 2.22. The standard InChI is InChI=1S/C25H27ClN2O3S/c26-21-10-6-9-20(15-21)18-32(30,31)24-16-28(23-12-5-4-11-22(23)24)17-25(29)27-14-13-19-7-2-1-3-8-19/h4-7,9-12,15-16H,1-3,8,13-14,17-18H2,(H,27,29). The molecule has 0 bridgehead atoms. The van der Waals surface area contributed by atoms with Gasteiger partial charge in [-0.1, -0.05) is 53.6 Å². The minimum atomic E-state index is -3.62. The lowest BCUT2D eigenvalue weighted by atomic mass is 9.97. The van der Waals surface area contributed by atoms with Crippen LogP contribution in [-0.2, 0) is 26.9 Å². The van der Waals surface area contributed by atoms with Gasteiger partial charge >= 0.3 is 0 Å². The van der Waals surface area contributed by atoms with Crippen LogP contribution in [0, 0.1) is 0 Å². The number of rotatable bonds is 8. The summed E-state index contributed by atoms with van der Waals surface area (Å²) in [7, 11) is -3.62. The third-order valence-corrected chi connectivity index (χ3v) is 7.74. The van der Waals surface area contributed by atoms with Gasteiger partial charge in [0.05, 0.1) is 10.6 Å². The molecule has 1 amide bonds. The number of hydrogen-bond donors (Lipinski definition) is 1. The number of benzene rings is 2. The zero-order chi connectivity index (χ0) is 22.6. The minimum Gasteiger partial charge on any atom is -0.354 e. The highest BCUT2D eigenvalue weighted by Crippen LogP contribution is 2.28. The summed E-state index contributed by atoms with van der Waals surface area (Å²) in [5.41, 5.74) is 2.77. The highest BCUT2D eigenvalue weighted by atomic mass is 35.5. The van der Waals surface area contributed by atoms with Crippen molar-refractivity contribution < 1.29 is 13.2 Å². The Morgan fingerprint density at radius 1 is 1.09 bits per heavy atom. The van der Waals surface area contributed by atoms with Gasteiger partial charge in [0.15, 0.2) is 9.84 Å². The van der Waals surface area contributed by atoms with Crippen LogP contribution in [0.5, 0.6) is 0 Å². The first kappa shape index (κ1) is 22.6. The molecule has 0 saturated heterocycles. The number of nitrogens with one attached hydrogen (secondary N) is 1. The molecule has 0 saturated carbocycles. The molecule has 7 heteroatoms. The number of amides is 1. The lowest BCUT2D eigenvalue weighted by molar-refractivity contribution is -0.121. The fraction of sp³-hybridized carbons (Fsp3) is 0.320. The lowest BCUT2D eigenvalue weighted by Crippen LogP contribution is -2.28. The summed E-state index contributed by atoms with van der Waals surface area (Å²) >= 11 is 6.02. The van der Waals surface area contributed by atoms with E-state index in [1.807, 2.05) is 18.2 Å². The summed E-state index contributed by atoms with van der Waals surface area (Å²) < 4.78 is 28.1. The fourth-order valence-electron chi connectivity index (χ4n) is 4.22. The summed E-state index contributed by atoms with van der Waals surface area (Å²) in [4.78, 5) is 12.8. The number of carbonyl (C=O) groups is 1. The number of sulfone groups is 1. The van der Waals surface area contributed by atoms with Crippen LogP contribution in [0.3, 0.4) is 0 Å². The minimum absolute atomic E-state index is 0.0756. The van der Waals surface area contributed by atoms with Crippen LogP contribution in [0.15, 0.2) is 71.3 Å². The van der Waals surface area contributed by atoms with Crippen molar-refractivity contribution in [1.82, 2.24) is 9.88 Å². The van der Waals surface area contributed by atoms with E-state index in [0.29, 0.717) is 22.5 Å². The number of carbonyl (C=O) groups excluding carboxylic acids is 1.